The van der Waals surface area contributed by atoms with Crippen molar-refractivity contribution in [1.82, 2.24) is 5.32 Å². The van der Waals surface area contributed by atoms with Crippen LogP contribution in [0.2, 0.25) is 5.02 Å². The van der Waals surface area contributed by atoms with Crippen LogP contribution in [0.5, 0.6) is 0 Å². The number of aryl methyl sites for hydroxylation is 1. The van der Waals surface area contributed by atoms with Gasteiger partial charge in [-0.3, -0.25) is 9.10 Å². The maximum Gasteiger partial charge on any atom is 0.264 e. The summed E-state index contributed by atoms with van der Waals surface area (Å²) in [5, 5.41) is 3.18. The van der Waals surface area contributed by atoms with Crippen LogP contribution in [-0.4, -0.2) is 40.1 Å². The van der Waals surface area contributed by atoms with Crippen molar-refractivity contribution in [1.29, 1.82) is 0 Å². The van der Waals surface area contributed by atoms with Gasteiger partial charge in [-0.05, 0) is 49.6 Å². The molecule has 0 aliphatic carbocycles. The summed E-state index contributed by atoms with van der Waals surface area (Å²) in [5.74, 6) is -0.394. The molecule has 0 radical (unpaired) electrons. The lowest BCUT2D eigenvalue weighted by Crippen LogP contribution is -2.43. The van der Waals surface area contributed by atoms with E-state index >= 15 is 0 Å². The highest BCUT2D eigenvalue weighted by molar-refractivity contribution is 7.92. The number of carbonyl (C=O) groups is 1. The van der Waals surface area contributed by atoms with E-state index in [1.54, 1.807) is 43.3 Å². The number of rotatable bonds is 7. The predicted molar refractivity (Wildman–Crippen MR) is 109 cm³/mol. The third-order valence-corrected chi connectivity index (χ3v) is 6.62. The number of amides is 1. The Hall–Kier alpha value is -2.09. The Balaban J connectivity index is 1.88. The van der Waals surface area contributed by atoms with Gasteiger partial charge in [0.05, 0.1) is 16.7 Å². The van der Waals surface area contributed by atoms with Gasteiger partial charge in [0, 0.05) is 18.2 Å². The Kier molecular flexibility index (Phi) is 6.59. The van der Waals surface area contributed by atoms with Crippen LogP contribution in [0.25, 0.3) is 0 Å². The van der Waals surface area contributed by atoms with Crippen molar-refractivity contribution < 1.29 is 17.9 Å². The number of halogens is 1. The van der Waals surface area contributed by atoms with Gasteiger partial charge in [0.25, 0.3) is 10.0 Å². The summed E-state index contributed by atoms with van der Waals surface area (Å²) in [5.41, 5.74) is 1.08. The second-order valence-corrected chi connectivity index (χ2v) is 8.99. The smallest absolute Gasteiger partial charge is 0.264 e. The molecule has 6 nitrogen and oxygen atoms in total. The van der Waals surface area contributed by atoms with Gasteiger partial charge >= 0.3 is 0 Å². The largest absolute Gasteiger partial charge is 0.376 e. The molecule has 1 N–H and O–H groups in total. The Morgan fingerprint density at radius 1 is 1.25 bits per heavy atom. The predicted octanol–water partition coefficient (Wildman–Crippen LogP) is 3.14. The number of nitrogens with one attached hydrogen (secondary N) is 1. The fourth-order valence-corrected chi connectivity index (χ4v) is 4.75. The molecule has 2 aromatic carbocycles. The van der Waals surface area contributed by atoms with Crippen molar-refractivity contribution in [3.05, 3.63) is 59.1 Å². The molecule has 1 aliphatic rings. The lowest BCUT2D eigenvalue weighted by molar-refractivity contribution is -0.120. The maximum absolute atomic E-state index is 13.3. The molecule has 2 aromatic rings. The summed E-state index contributed by atoms with van der Waals surface area (Å²) in [6, 6.07) is 13.0. The fourth-order valence-electron chi connectivity index (χ4n) is 3.09. The van der Waals surface area contributed by atoms with Gasteiger partial charge in [-0.2, -0.15) is 0 Å². The van der Waals surface area contributed by atoms with Gasteiger partial charge in [-0.1, -0.05) is 35.9 Å². The average molecular weight is 423 g/mol. The van der Waals surface area contributed by atoms with E-state index in [1.807, 2.05) is 0 Å². The first-order valence-corrected chi connectivity index (χ1v) is 10.9. The number of sulfonamides is 1. The van der Waals surface area contributed by atoms with E-state index in [0.717, 1.165) is 17.1 Å². The van der Waals surface area contributed by atoms with Crippen molar-refractivity contribution >= 4 is 33.2 Å². The number of ether oxygens (including phenoxy) is 1. The number of anilines is 1. The molecular formula is C20H23ClN2O4S. The average Bonchev–Trinajstić information content (AvgIpc) is 3.21. The molecule has 1 saturated heterocycles. The molecule has 0 spiro atoms. The number of benzene rings is 2. The SMILES string of the molecule is Cc1ccc(Cl)cc1N(CC(=O)NC[C@@H]1CCCO1)S(=O)(=O)c1ccccc1. The molecule has 0 aromatic heterocycles. The van der Waals surface area contributed by atoms with Crippen LogP contribution in [0.4, 0.5) is 5.69 Å². The zero-order chi connectivity index (χ0) is 20.1. The Morgan fingerprint density at radius 2 is 2.00 bits per heavy atom. The van der Waals surface area contributed by atoms with Crippen LogP contribution in [0.3, 0.4) is 0 Å². The van der Waals surface area contributed by atoms with Gasteiger partial charge in [0.1, 0.15) is 6.54 Å². The molecule has 1 fully saturated rings. The maximum atomic E-state index is 13.3. The highest BCUT2D eigenvalue weighted by atomic mass is 35.5. The first-order chi connectivity index (χ1) is 13.4. The van der Waals surface area contributed by atoms with E-state index < -0.39 is 15.9 Å². The molecule has 3 rings (SSSR count). The Bertz CT molecular complexity index is 928. The summed E-state index contributed by atoms with van der Waals surface area (Å²) in [4.78, 5) is 12.7. The van der Waals surface area contributed by atoms with E-state index in [9.17, 15) is 13.2 Å². The zero-order valence-electron chi connectivity index (χ0n) is 15.6. The van der Waals surface area contributed by atoms with Crippen molar-refractivity contribution in [2.24, 2.45) is 0 Å². The monoisotopic (exact) mass is 422 g/mol. The molecule has 0 bridgehead atoms. The summed E-state index contributed by atoms with van der Waals surface area (Å²) in [6.45, 7) is 2.50. The summed E-state index contributed by atoms with van der Waals surface area (Å²) in [7, 11) is -3.94. The lowest BCUT2D eigenvalue weighted by Gasteiger charge is -2.26. The molecule has 1 heterocycles. The molecular weight excluding hydrogens is 400 g/mol. The van der Waals surface area contributed by atoms with E-state index in [1.165, 1.54) is 12.1 Å². The quantitative estimate of drug-likeness (QED) is 0.743. The van der Waals surface area contributed by atoms with Crippen molar-refractivity contribution in [3.63, 3.8) is 0 Å². The number of carbonyl (C=O) groups excluding carboxylic acids is 1. The summed E-state index contributed by atoms with van der Waals surface area (Å²) < 4.78 is 33.1. The van der Waals surface area contributed by atoms with Crippen LogP contribution < -0.4 is 9.62 Å². The third-order valence-electron chi connectivity index (χ3n) is 4.61. The molecule has 0 saturated carbocycles. The molecule has 28 heavy (non-hydrogen) atoms. The van der Waals surface area contributed by atoms with Crippen LogP contribution in [0.1, 0.15) is 18.4 Å². The minimum Gasteiger partial charge on any atom is -0.376 e. The van der Waals surface area contributed by atoms with Gasteiger partial charge in [-0.25, -0.2) is 8.42 Å². The number of hydrogen-bond acceptors (Lipinski definition) is 4. The molecule has 1 atom stereocenters. The molecule has 1 aliphatic heterocycles. The second kappa shape index (κ2) is 8.94. The normalized spacial score (nSPS) is 16.7. The zero-order valence-corrected chi connectivity index (χ0v) is 17.2. The van der Waals surface area contributed by atoms with Crippen LogP contribution in [-0.2, 0) is 19.6 Å². The van der Waals surface area contributed by atoms with Gasteiger partial charge in [0.2, 0.25) is 5.91 Å². The fraction of sp³-hybridized carbons (Fsp3) is 0.350. The third kappa shape index (κ3) is 4.84. The van der Waals surface area contributed by atoms with Gasteiger partial charge in [-0.15, -0.1) is 0 Å². The minimum absolute atomic E-state index is 0.0176. The molecule has 8 heteroatoms. The second-order valence-electron chi connectivity index (χ2n) is 6.69. The van der Waals surface area contributed by atoms with Crippen molar-refractivity contribution in [2.75, 3.05) is 24.0 Å². The van der Waals surface area contributed by atoms with E-state index in [4.69, 9.17) is 16.3 Å². The van der Waals surface area contributed by atoms with E-state index in [2.05, 4.69) is 5.32 Å². The number of nitrogens with zero attached hydrogens (tertiary/aromatic N) is 1. The first kappa shape index (κ1) is 20.6. The first-order valence-electron chi connectivity index (χ1n) is 9.10. The van der Waals surface area contributed by atoms with Gasteiger partial charge < -0.3 is 10.1 Å². The summed E-state index contributed by atoms with van der Waals surface area (Å²) in [6.07, 6.45) is 1.84. The molecule has 1 amide bonds. The standard InChI is InChI=1S/C20H23ClN2O4S/c1-15-9-10-16(21)12-19(15)23(28(25,26)18-7-3-2-4-8-18)14-20(24)22-13-17-6-5-11-27-17/h2-4,7-10,12,17H,5-6,11,13-14H2,1H3,(H,22,24)/t17-/m0/s1. The molecule has 0 unspecified atom stereocenters. The minimum atomic E-state index is -3.94. The van der Waals surface area contributed by atoms with Gasteiger partial charge in [0.15, 0.2) is 0 Å². The Labute approximate surface area is 170 Å². The Morgan fingerprint density at radius 3 is 2.68 bits per heavy atom. The lowest BCUT2D eigenvalue weighted by atomic mass is 10.2. The van der Waals surface area contributed by atoms with Crippen molar-refractivity contribution in [2.45, 2.75) is 30.8 Å². The molecule has 150 valence electrons. The highest BCUT2D eigenvalue weighted by Crippen LogP contribution is 2.29. The highest BCUT2D eigenvalue weighted by Gasteiger charge is 2.28. The number of hydrogen-bond donors (Lipinski definition) is 1. The van der Waals surface area contributed by atoms with Crippen LogP contribution >= 0.6 is 11.6 Å². The van der Waals surface area contributed by atoms with Crippen molar-refractivity contribution in [3.8, 4) is 0 Å². The summed E-state index contributed by atoms with van der Waals surface area (Å²) >= 11 is 6.10. The van der Waals surface area contributed by atoms with E-state index in [0.29, 0.717) is 29.4 Å². The van der Waals surface area contributed by atoms with E-state index in [-0.39, 0.29) is 17.5 Å². The topological polar surface area (TPSA) is 75.7 Å². The van der Waals surface area contributed by atoms with Crippen LogP contribution in [0, 0.1) is 6.92 Å². The van der Waals surface area contributed by atoms with Crippen LogP contribution in [0.15, 0.2) is 53.4 Å².